The highest BCUT2D eigenvalue weighted by molar-refractivity contribution is 5.92. The van der Waals surface area contributed by atoms with Gasteiger partial charge in [0, 0.05) is 38.1 Å². The second-order valence-electron chi connectivity index (χ2n) is 6.07. The smallest absolute Gasteiger partial charge is 0.354 e. The van der Waals surface area contributed by atoms with E-state index < -0.39 is 11.7 Å². The number of hydrogen-bond donors (Lipinski definition) is 1. The Kier molecular flexibility index (Phi) is 5.41. The number of carbonyl (C=O) groups is 1. The first-order chi connectivity index (χ1) is 12.4. The minimum Gasteiger partial charge on any atom is -0.354 e. The Morgan fingerprint density at radius 3 is 2.31 bits per heavy atom. The Labute approximate surface area is 149 Å². The van der Waals surface area contributed by atoms with Crippen LogP contribution in [0.25, 0.3) is 0 Å². The topological polar surface area (TPSA) is 48.5 Å². The number of piperazine rings is 1. The van der Waals surface area contributed by atoms with Gasteiger partial charge in [-0.1, -0.05) is 6.07 Å². The van der Waals surface area contributed by atoms with E-state index in [0.717, 1.165) is 44.1 Å². The van der Waals surface area contributed by atoms with Gasteiger partial charge in [-0.25, -0.2) is 4.98 Å². The summed E-state index contributed by atoms with van der Waals surface area (Å²) >= 11 is 0. The lowest BCUT2D eigenvalue weighted by Gasteiger charge is -2.34. The fraction of sp³-hybridized carbons (Fsp3) is 0.333. The fourth-order valence-corrected chi connectivity index (χ4v) is 2.82. The summed E-state index contributed by atoms with van der Waals surface area (Å²) in [5, 5.41) is 2.64. The molecular formula is C18H19F3N4O. The van der Waals surface area contributed by atoms with Crippen molar-refractivity contribution < 1.29 is 18.0 Å². The average molecular weight is 364 g/mol. The molecule has 1 aliphatic heterocycles. The van der Waals surface area contributed by atoms with Gasteiger partial charge in [0.25, 0.3) is 0 Å². The van der Waals surface area contributed by atoms with Crippen LogP contribution >= 0.6 is 0 Å². The van der Waals surface area contributed by atoms with Crippen LogP contribution in [0.4, 0.5) is 24.7 Å². The number of aromatic nitrogens is 1. The number of carbonyl (C=O) groups excluding carboxylic acids is 1. The van der Waals surface area contributed by atoms with Crippen LogP contribution in [0.5, 0.6) is 0 Å². The van der Waals surface area contributed by atoms with Gasteiger partial charge in [-0.2, -0.15) is 13.2 Å². The average Bonchev–Trinajstić information content (AvgIpc) is 2.63. The zero-order chi connectivity index (χ0) is 18.6. The standard InChI is InChI=1S/C18H19F3N4O/c19-18(20,21)14-4-6-15(7-5-14)23-17(26)13-24-9-11-25(12-10-24)16-3-1-2-8-22-16/h1-8H,9-13H2,(H,23,26). The normalized spacial score (nSPS) is 15.7. The van der Waals surface area contributed by atoms with E-state index in [9.17, 15) is 18.0 Å². The zero-order valence-corrected chi connectivity index (χ0v) is 14.0. The molecule has 1 aliphatic rings. The van der Waals surface area contributed by atoms with E-state index >= 15 is 0 Å². The number of nitrogens with one attached hydrogen (secondary N) is 1. The van der Waals surface area contributed by atoms with E-state index in [1.807, 2.05) is 23.1 Å². The summed E-state index contributed by atoms with van der Waals surface area (Å²) in [6.07, 6.45) is -2.63. The fourth-order valence-electron chi connectivity index (χ4n) is 2.82. The Morgan fingerprint density at radius 1 is 1.04 bits per heavy atom. The number of nitrogens with zero attached hydrogens (tertiary/aromatic N) is 3. The minimum absolute atomic E-state index is 0.205. The Bertz CT molecular complexity index is 726. The van der Waals surface area contributed by atoms with Crippen molar-refractivity contribution in [1.82, 2.24) is 9.88 Å². The quantitative estimate of drug-likeness (QED) is 0.906. The van der Waals surface area contributed by atoms with Crippen molar-refractivity contribution in [3.05, 3.63) is 54.2 Å². The van der Waals surface area contributed by atoms with Gasteiger partial charge in [0.05, 0.1) is 12.1 Å². The number of alkyl halides is 3. The monoisotopic (exact) mass is 364 g/mol. The maximum atomic E-state index is 12.5. The van der Waals surface area contributed by atoms with Gasteiger partial charge in [0.15, 0.2) is 0 Å². The first-order valence-electron chi connectivity index (χ1n) is 8.27. The summed E-state index contributed by atoms with van der Waals surface area (Å²) in [6.45, 7) is 3.18. The number of anilines is 2. The summed E-state index contributed by atoms with van der Waals surface area (Å²) in [5.41, 5.74) is -0.378. The van der Waals surface area contributed by atoms with Crippen molar-refractivity contribution in [3.63, 3.8) is 0 Å². The Balaban J connectivity index is 1.47. The summed E-state index contributed by atoms with van der Waals surface area (Å²) in [4.78, 5) is 20.6. The maximum absolute atomic E-state index is 12.5. The van der Waals surface area contributed by atoms with Gasteiger partial charge >= 0.3 is 6.18 Å². The number of amides is 1. The number of benzene rings is 1. The molecule has 0 spiro atoms. The summed E-state index contributed by atoms with van der Waals surface area (Å²) < 4.78 is 37.6. The SMILES string of the molecule is O=C(CN1CCN(c2ccccn2)CC1)Nc1ccc(C(F)(F)F)cc1. The van der Waals surface area contributed by atoms with Gasteiger partial charge in [0.2, 0.25) is 5.91 Å². The highest BCUT2D eigenvalue weighted by Gasteiger charge is 2.30. The van der Waals surface area contributed by atoms with Crippen molar-refractivity contribution in [3.8, 4) is 0 Å². The molecule has 26 heavy (non-hydrogen) atoms. The molecule has 1 fully saturated rings. The predicted octanol–water partition coefficient (Wildman–Crippen LogP) is 2.86. The highest BCUT2D eigenvalue weighted by Crippen LogP contribution is 2.29. The van der Waals surface area contributed by atoms with Crippen LogP contribution < -0.4 is 10.2 Å². The third kappa shape index (κ3) is 4.72. The predicted molar refractivity (Wildman–Crippen MR) is 93.0 cm³/mol. The lowest BCUT2D eigenvalue weighted by molar-refractivity contribution is -0.137. The van der Waals surface area contributed by atoms with Crippen LogP contribution in [0.2, 0.25) is 0 Å². The lowest BCUT2D eigenvalue weighted by atomic mass is 10.2. The van der Waals surface area contributed by atoms with Crippen LogP contribution in [-0.2, 0) is 11.0 Å². The molecule has 3 rings (SSSR count). The molecule has 1 saturated heterocycles. The number of pyridine rings is 1. The van der Waals surface area contributed by atoms with Crippen molar-refractivity contribution in [1.29, 1.82) is 0 Å². The lowest BCUT2D eigenvalue weighted by Crippen LogP contribution is -2.48. The third-order valence-corrected chi connectivity index (χ3v) is 4.21. The molecule has 8 heteroatoms. The second kappa shape index (κ2) is 7.74. The van der Waals surface area contributed by atoms with Crippen molar-refractivity contribution >= 4 is 17.4 Å². The Morgan fingerprint density at radius 2 is 1.73 bits per heavy atom. The van der Waals surface area contributed by atoms with Gasteiger partial charge in [-0.15, -0.1) is 0 Å². The van der Waals surface area contributed by atoms with Crippen molar-refractivity contribution in [2.24, 2.45) is 0 Å². The molecule has 1 N–H and O–H groups in total. The van der Waals surface area contributed by atoms with Crippen LogP contribution in [0, 0.1) is 0 Å². The molecule has 2 aromatic rings. The number of hydrogen-bond acceptors (Lipinski definition) is 4. The van der Waals surface area contributed by atoms with E-state index in [0.29, 0.717) is 5.69 Å². The molecule has 1 aromatic carbocycles. The van der Waals surface area contributed by atoms with E-state index in [1.54, 1.807) is 6.20 Å². The molecule has 0 atom stereocenters. The molecular weight excluding hydrogens is 345 g/mol. The second-order valence-corrected chi connectivity index (χ2v) is 6.07. The van der Waals surface area contributed by atoms with E-state index in [1.165, 1.54) is 12.1 Å². The number of rotatable bonds is 4. The maximum Gasteiger partial charge on any atom is 0.416 e. The zero-order valence-electron chi connectivity index (χ0n) is 14.0. The van der Waals surface area contributed by atoms with E-state index in [4.69, 9.17) is 0 Å². The molecule has 0 radical (unpaired) electrons. The molecule has 5 nitrogen and oxygen atoms in total. The highest BCUT2D eigenvalue weighted by atomic mass is 19.4. The number of halogens is 3. The van der Waals surface area contributed by atoms with E-state index in [-0.39, 0.29) is 12.5 Å². The molecule has 0 bridgehead atoms. The summed E-state index contributed by atoms with van der Waals surface area (Å²) in [6, 6.07) is 10.2. The van der Waals surface area contributed by atoms with Gasteiger partial charge in [-0.05, 0) is 36.4 Å². The molecule has 1 aromatic heterocycles. The van der Waals surface area contributed by atoms with Gasteiger partial charge in [-0.3, -0.25) is 9.69 Å². The molecule has 0 aliphatic carbocycles. The third-order valence-electron chi connectivity index (χ3n) is 4.21. The molecule has 2 heterocycles. The molecule has 138 valence electrons. The first kappa shape index (κ1) is 18.2. The van der Waals surface area contributed by atoms with Crippen LogP contribution in [-0.4, -0.2) is 48.5 Å². The summed E-state index contributed by atoms with van der Waals surface area (Å²) in [5.74, 6) is 0.678. The minimum atomic E-state index is -4.38. The van der Waals surface area contributed by atoms with Crippen molar-refractivity contribution in [2.45, 2.75) is 6.18 Å². The van der Waals surface area contributed by atoms with Crippen LogP contribution in [0.15, 0.2) is 48.7 Å². The molecule has 1 amide bonds. The summed E-state index contributed by atoms with van der Waals surface area (Å²) in [7, 11) is 0. The van der Waals surface area contributed by atoms with Gasteiger partial charge < -0.3 is 10.2 Å². The van der Waals surface area contributed by atoms with E-state index in [2.05, 4.69) is 15.2 Å². The van der Waals surface area contributed by atoms with Crippen LogP contribution in [0.3, 0.4) is 0 Å². The van der Waals surface area contributed by atoms with Crippen LogP contribution in [0.1, 0.15) is 5.56 Å². The molecule has 0 saturated carbocycles. The largest absolute Gasteiger partial charge is 0.416 e. The first-order valence-corrected chi connectivity index (χ1v) is 8.27. The van der Waals surface area contributed by atoms with Gasteiger partial charge in [0.1, 0.15) is 5.82 Å². The van der Waals surface area contributed by atoms with Crippen molar-refractivity contribution in [2.75, 3.05) is 42.9 Å². The molecule has 0 unspecified atom stereocenters. The Hall–Kier alpha value is -2.61.